The Hall–Kier alpha value is -1.46. The van der Waals surface area contributed by atoms with Crippen LogP contribution in [-0.2, 0) is 26.6 Å². The molecule has 0 aliphatic carbocycles. The SMILES string of the molecule is CCn1cc(S(=O)(=O)N2CCN(S(=O)(=O)c3ccc(Cl)cc3)CC2)c(C)n1. The van der Waals surface area contributed by atoms with Crippen molar-refractivity contribution < 1.29 is 16.8 Å². The summed E-state index contributed by atoms with van der Waals surface area (Å²) in [6, 6.07) is 5.93. The summed E-state index contributed by atoms with van der Waals surface area (Å²) >= 11 is 5.81. The fraction of sp³-hybridized carbons (Fsp3) is 0.438. The zero-order valence-corrected chi connectivity index (χ0v) is 17.4. The van der Waals surface area contributed by atoms with E-state index in [1.165, 1.54) is 39.1 Å². The zero-order valence-electron chi connectivity index (χ0n) is 15.0. The van der Waals surface area contributed by atoms with Crippen LogP contribution in [0.15, 0.2) is 40.3 Å². The summed E-state index contributed by atoms with van der Waals surface area (Å²) < 4.78 is 55.4. The first-order valence-electron chi connectivity index (χ1n) is 8.46. The summed E-state index contributed by atoms with van der Waals surface area (Å²) in [7, 11) is -7.39. The van der Waals surface area contributed by atoms with Gasteiger partial charge in [-0.05, 0) is 38.1 Å². The summed E-state index contributed by atoms with van der Waals surface area (Å²) in [4.78, 5) is 0.307. The van der Waals surface area contributed by atoms with Crippen LogP contribution in [0.1, 0.15) is 12.6 Å². The van der Waals surface area contributed by atoms with Gasteiger partial charge in [0.2, 0.25) is 20.0 Å². The van der Waals surface area contributed by atoms with Crippen LogP contribution in [-0.4, -0.2) is 61.4 Å². The van der Waals surface area contributed by atoms with Gasteiger partial charge in [0.25, 0.3) is 0 Å². The number of hydrogen-bond donors (Lipinski definition) is 0. The van der Waals surface area contributed by atoms with Crippen molar-refractivity contribution in [3.8, 4) is 0 Å². The quantitative estimate of drug-likeness (QED) is 0.714. The Bertz CT molecular complexity index is 1020. The van der Waals surface area contributed by atoms with E-state index < -0.39 is 20.0 Å². The number of benzene rings is 1. The van der Waals surface area contributed by atoms with Crippen molar-refractivity contribution in [3.05, 3.63) is 41.2 Å². The Morgan fingerprint density at radius 3 is 1.96 bits per heavy atom. The molecule has 0 amide bonds. The van der Waals surface area contributed by atoms with Crippen molar-refractivity contribution in [2.75, 3.05) is 26.2 Å². The number of sulfonamides is 2. The number of hydrogen-bond acceptors (Lipinski definition) is 5. The van der Waals surface area contributed by atoms with Crippen LogP contribution in [0.4, 0.5) is 0 Å². The van der Waals surface area contributed by atoms with E-state index in [1.54, 1.807) is 11.6 Å². The van der Waals surface area contributed by atoms with Gasteiger partial charge in [-0.2, -0.15) is 13.7 Å². The van der Waals surface area contributed by atoms with Crippen LogP contribution in [0.25, 0.3) is 0 Å². The molecule has 1 aliphatic rings. The second-order valence-corrected chi connectivity index (χ2v) is 10.5. The molecule has 0 spiro atoms. The predicted octanol–water partition coefficient (Wildman–Crippen LogP) is 1.56. The van der Waals surface area contributed by atoms with Gasteiger partial charge < -0.3 is 0 Å². The molecule has 0 unspecified atom stereocenters. The molecule has 1 aromatic carbocycles. The molecule has 8 nitrogen and oxygen atoms in total. The van der Waals surface area contributed by atoms with Crippen LogP contribution < -0.4 is 0 Å². The second-order valence-electron chi connectivity index (χ2n) is 6.20. The molecular formula is C16H21ClN4O4S2. The number of rotatable bonds is 5. The Morgan fingerprint density at radius 1 is 0.963 bits per heavy atom. The highest BCUT2D eigenvalue weighted by Crippen LogP contribution is 2.24. The van der Waals surface area contributed by atoms with Crippen molar-refractivity contribution in [1.29, 1.82) is 0 Å². The van der Waals surface area contributed by atoms with E-state index in [2.05, 4.69) is 5.10 Å². The molecule has 1 saturated heterocycles. The first kappa shape index (κ1) is 20.3. The highest BCUT2D eigenvalue weighted by molar-refractivity contribution is 7.89. The van der Waals surface area contributed by atoms with Crippen molar-refractivity contribution in [2.45, 2.75) is 30.2 Å². The average Bonchev–Trinajstić information content (AvgIpc) is 3.04. The summed E-state index contributed by atoms with van der Waals surface area (Å²) in [6.45, 7) is 4.46. The molecule has 11 heteroatoms. The Kier molecular flexibility index (Phi) is 5.64. The smallest absolute Gasteiger partial charge is 0.246 e. The van der Waals surface area contributed by atoms with Gasteiger partial charge in [-0.15, -0.1) is 0 Å². The van der Waals surface area contributed by atoms with Crippen LogP contribution in [0.3, 0.4) is 0 Å². The average molecular weight is 433 g/mol. The number of piperazine rings is 1. The fourth-order valence-electron chi connectivity index (χ4n) is 2.96. The first-order valence-corrected chi connectivity index (χ1v) is 11.7. The zero-order chi connectivity index (χ0) is 19.8. The minimum absolute atomic E-state index is 0.0884. The van der Waals surface area contributed by atoms with Gasteiger partial charge >= 0.3 is 0 Å². The first-order chi connectivity index (χ1) is 12.7. The lowest BCUT2D eigenvalue weighted by atomic mass is 10.4. The summed E-state index contributed by atoms with van der Waals surface area (Å²) in [5.74, 6) is 0. The fourth-order valence-corrected chi connectivity index (χ4v) is 6.10. The molecule has 1 fully saturated rings. The maximum atomic E-state index is 12.9. The lowest BCUT2D eigenvalue weighted by molar-refractivity contribution is 0.272. The Morgan fingerprint density at radius 2 is 1.48 bits per heavy atom. The molecule has 2 aromatic rings. The van der Waals surface area contributed by atoms with Crippen molar-refractivity contribution >= 4 is 31.6 Å². The number of aromatic nitrogens is 2. The lowest BCUT2D eigenvalue weighted by Gasteiger charge is -2.33. The Labute approximate surface area is 164 Å². The van der Waals surface area contributed by atoms with Crippen LogP contribution >= 0.6 is 11.6 Å². The third kappa shape index (κ3) is 3.90. The molecule has 0 bridgehead atoms. The van der Waals surface area contributed by atoms with Gasteiger partial charge in [-0.3, -0.25) is 4.68 Å². The van der Waals surface area contributed by atoms with E-state index in [-0.39, 0.29) is 36.0 Å². The largest absolute Gasteiger partial charge is 0.271 e. The standard InChI is InChI=1S/C16H21ClN4O4S2/c1-3-19-12-16(13(2)18-19)27(24,25)21-10-8-20(9-11-21)26(22,23)15-6-4-14(17)5-7-15/h4-7,12H,3,8-11H2,1-2H3. The third-order valence-electron chi connectivity index (χ3n) is 4.49. The third-order valence-corrected chi connectivity index (χ3v) is 8.66. The van der Waals surface area contributed by atoms with Gasteiger partial charge in [0.15, 0.2) is 0 Å². The van der Waals surface area contributed by atoms with E-state index in [1.807, 2.05) is 6.92 Å². The molecule has 0 atom stereocenters. The van der Waals surface area contributed by atoms with Gasteiger partial charge in [-0.1, -0.05) is 11.6 Å². The molecule has 0 saturated carbocycles. The molecule has 1 aliphatic heterocycles. The van der Waals surface area contributed by atoms with Crippen LogP contribution in [0.2, 0.25) is 5.02 Å². The topological polar surface area (TPSA) is 92.6 Å². The molecule has 0 radical (unpaired) electrons. The van der Waals surface area contributed by atoms with E-state index in [0.29, 0.717) is 17.3 Å². The van der Waals surface area contributed by atoms with E-state index >= 15 is 0 Å². The highest BCUT2D eigenvalue weighted by atomic mass is 35.5. The Balaban J connectivity index is 1.76. The van der Waals surface area contributed by atoms with E-state index in [4.69, 9.17) is 11.6 Å². The molecule has 0 N–H and O–H groups in total. The number of nitrogens with zero attached hydrogens (tertiary/aromatic N) is 4. The minimum Gasteiger partial charge on any atom is -0.271 e. The number of aryl methyl sites for hydroxylation is 2. The molecule has 27 heavy (non-hydrogen) atoms. The van der Waals surface area contributed by atoms with Gasteiger partial charge in [0.1, 0.15) is 4.90 Å². The maximum absolute atomic E-state index is 12.9. The minimum atomic E-state index is -3.71. The predicted molar refractivity (Wildman–Crippen MR) is 102 cm³/mol. The summed E-state index contributed by atoms with van der Waals surface area (Å²) in [5, 5.41) is 4.64. The van der Waals surface area contributed by atoms with Gasteiger partial charge in [0.05, 0.1) is 10.6 Å². The van der Waals surface area contributed by atoms with E-state index in [0.717, 1.165) is 0 Å². The van der Waals surface area contributed by atoms with Gasteiger partial charge in [-0.25, -0.2) is 16.8 Å². The van der Waals surface area contributed by atoms with E-state index in [9.17, 15) is 16.8 Å². The van der Waals surface area contributed by atoms with Crippen molar-refractivity contribution in [1.82, 2.24) is 18.4 Å². The highest BCUT2D eigenvalue weighted by Gasteiger charge is 2.35. The molecule has 148 valence electrons. The number of halogens is 1. The monoisotopic (exact) mass is 432 g/mol. The normalized spacial score (nSPS) is 17.3. The summed E-state index contributed by atoms with van der Waals surface area (Å²) in [6.07, 6.45) is 1.52. The second kappa shape index (κ2) is 7.51. The van der Waals surface area contributed by atoms with Gasteiger partial charge in [0, 0.05) is 43.9 Å². The van der Waals surface area contributed by atoms with Crippen molar-refractivity contribution in [3.63, 3.8) is 0 Å². The van der Waals surface area contributed by atoms with Crippen molar-refractivity contribution in [2.24, 2.45) is 0 Å². The molecule has 3 rings (SSSR count). The summed E-state index contributed by atoms with van der Waals surface area (Å²) in [5.41, 5.74) is 0.438. The lowest BCUT2D eigenvalue weighted by Crippen LogP contribution is -2.50. The van der Waals surface area contributed by atoms with Crippen LogP contribution in [0, 0.1) is 6.92 Å². The van der Waals surface area contributed by atoms with Crippen LogP contribution in [0.5, 0.6) is 0 Å². The molecular weight excluding hydrogens is 412 g/mol. The molecule has 1 aromatic heterocycles. The maximum Gasteiger partial charge on any atom is 0.246 e. The molecule has 2 heterocycles.